The molecule has 0 bridgehead atoms. The molecule has 6 heteroatoms. The van der Waals surface area contributed by atoms with Crippen LogP contribution in [0.3, 0.4) is 0 Å². The molecule has 0 heterocycles. The number of esters is 3. The Labute approximate surface area is 453 Å². The third kappa shape index (κ3) is 59.6. The van der Waals surface area contributed by atoms with Crippen molar-refractivity contribution in [1.29, 1.82) is 0 Å². The monoisotopic (exact) mass is 1020 g/mol. The Morgan fingerprint density at radius 3 is 0.849 bits per heavy atom. The Hall–Kier alpha value is -3.15. The second-order valence-electron chi connectivity index (χ2n) is 20.9. The summed E-state index contributed by atoms with van der Waals surface area (Å²) in [5, 5.41) is 0. The van der Waals surface area contributed by atoms with Crippen molar-refractivity contribution in [3.63, 3.8) is 0 Å². The van der Waals surface area contributed by atoms with E-state index < -0.39 is 6.10 Å². The van der Waals surface area contributed by atoms with Crippen LogP contribution < -0.4 is 0 Å². The predicted molar refractivity (Wildman–Crippen MR) is 316 cm³/mol. The standard InChI is InChI=1S/C67H118O6/c1-4-7-10-13-16-19-22-25-28-31-32-33-34-37-39-42-45-48-51-54-57-60-66(69)72-63-64(73-67(70)61-58-55-52-49-46-43-40-36-30-27-24-21-18-15-12-9-6-3)62-71-65(68)59-56-53-50-47-44-41-38-35-29-26-23-20-17-14-11-8-5-2/h9,12,18,21-22,25-27,29-32,64H,4-8,10-11,13-17,19-20,23-24,28,33-63H2,1-3H3/b12-9-,21-18-,25-22-,29-26-,30-27-,32-31-. The van der Waals surface area contributed by atoms with Crippen LogP contribution in [0.25, 0.3) is 0 Å². The quantitative estimate of drug-likeness (QED) is 0.0261. The zero-order chi connectivity index (χ0) is 52.9. The van der Waals surface area contributed by atoms with Crippen molar-refractivity contribution in [3.05, 3.63) is 72.9 Å². The van der Waals surface area contributed by atoms with Gasteiger partial charge in [0.1, 0.15) is 13.2 Å². The molecule has 0 aromatic rings. The first-order chi connectivity index (χ1) is 36.0. The second-order valence-corrected chi connectivity index (χ2v) is 20.9. The SMILES string of the molecule is CC/C=C\C/C=C\C/C=C\CCCCCCCCCC(=O)OC(COC(=O)CCCCCCCCC/C=C\CCCCCCCC)COC(=O)CCCCCCCCCCC/C=C\C/C=C\CCCCCCC. The van der Waals surface area contributed by atoms with E-state index in [2.05, 4.69) is 93.7 Å². The van der Waals surface area contributed by atoms with Crippen LogP contribution in [-0.4, -0.2) is 37.2 Å². The molecule has 0 aliphatic heterocycles. The third-order valence-corrected chi connectivity index (χ3v) is 13.7. The van der Waals surface area contributed by atoms with Gasteiger partial charge in [0, 0.05) is 19.3 Å². The normalized spacial score (nSPS) is 12.5. The van der Waals surface area contributed by atoms with Crippen molar-refractivity contribution in [2.24, 2.45) is 0 Å². The summed E-state index contributed by atoms with van der Waals surface area (Å²) in [6, 6.07) is 0. The largest absolute Gasteiger partial charge is 0.462 e. The van der Waals surface area contributed by atoms with Crippen LogP contribution in [0.2, 0.25) is 0 Å². The number of hydrogen-bond acceptors (Lipinski definition) is 6. The van der Waals surface area contributed by atoms with Gasteiger partial charge in [0.05, 0.1) is 0 Å². The molecular weight excluding hydrogens is 901 g/mol. The van der Waals surface area contributed by atoms with E-state index in [1.54, 1.807) is 0 Å². The summed E-state index contributed by atoms with van der Waals surface area (Å²) in [5.74, 6) is -0.887. The van der Waals surface area contributed by atoms with Crippen LogP contribution in [0.15, 0.2) is 72.9 Å². The van der Waals surface area contributed by atoms with Crippen molar-refractivity contribution >= 4 is 17.9 Å². The molecule has 0 N–H and O–H groups in total. The Bertz CT molecular complexity index is 1360. The lowest BCUT2D eigenvalue weighted by Gasteiger charge is -2.18. The van der Waals surface area contributed by atoms with E-state index >= 15 is 0 Å². The molecule has 0 aromatic carbocycles. The topological polar surface area (TPSA) is 78.9 Å². The molecule has 0 amide bonds. The molecule has 0 aromatic heterocycles. The molecule has 0 rings (SSSR count). The first-order valence-corrected chi connectivity index (χ1v) is 31.4. The van der Waals surface area contributed by atoms with Crippen LogP contribution in [0.1, 0.15) is 316 Å². The number of hydrogen-bond donors (Lipinski definition) is 0. The summed E-state index contributed by atoms with van der Waals surface area (Å²) in [4.78, 5) is 38.3. The van der Waals surface area contributed by atoms with Crippen LogP contribution in [0, 0.1) is 0 Å². The van der Waals surface area contributed by atoms with Crippen LogP contribution >= 0.6 is 0 Å². The number of carbonyl (C=O) groups excluding carboxylic acids is 3. The zero-order valence-corrected chi connectivity index (χ0v) is 48.4. The number of unbranched alkanes of at least 4 members (excludes halogenated alkanes) is 34. The smallest absolute Gasteiger partial charge is 0.306 e. The molecule has 0 saturated heterocycles. The zero-order valence-electron chi connectivity index (χ0n) is 48.4. The number of ether oxygens (including phenoxy) is 3. The minimum atomic E-state index is -0.785. The average molecular weight is 1020 g/mol. The van der Waals surface area contributed by atoms with E-state index in [1.807, 2.05) is 0 Å². The molecule has 1 atom stereocenters. The molecule has 0 aliphatic carbocycles. The van der Waals surface area contributed by atoms with Gasteiger partial charge < -0.3 is 14.2 Å². The number of allylic oxidation sites excluding steroid dienone is 12. The first-order valence-electron chi connectivity index (χ1n) is 31.4. The van der Waals surface area contributed by atoms with Gasteiger partial charge in [0.25, 0.3) is 0 Å². The van der Waals surface area contributed by atoms with E-state index in [-0.39, 0.29) is 31.1 Å². The predicted octanol–water partition coefficient (Wildman–Crippen LogP) is 21.3. The molecule has 0 radical (unpaired) electrons. The third-order valence-electron chi connectivity index (χ3n) is 13.7. The molecule has 0 saturated carbocycles. The highest BCUT2D eigenvalue weighted by Crippen LogP contribution is 2.16. The summed E-state index contributed by atoms with van der Waals surface area (Å²) >= 11 is 0. The van der Waals surface area contributed by atoms with Gasteiger partial charge in [0.15, 0.2) is 6.10 Å². The average Bonchev–Trinajstić information content (AvgIpc) is 3.39. The van der Waals surface area contributed by atoms with Gasteiger partial charge in [-0.25, -0.2) is 0 Å². The van der Waals surface area contributed by atoms with Gasteiger partial charge in [0.2, 0.25) is 0 Å². The fourth-order valence-corrected chi connectivity index (χ4v) is 8.95. The Morgan fingerprint density at radius 1 is 0.288 bits per heavy atom. The lowest BCUT2D eigenvalue weighted by Crippen LogP contribution is -2.30. The van der Waals surface area contributed by atoms with Gasteiger partial charge in [-0.2, -0.15) is 0 Å². The Kier molecular flexibility index (Phi) is 58.7. The summed E-state index contributed by atoms with van der Waals surface area (Å²) in [7, 11) is 0. The van der Waals surface area contributed by atoms with Crippen molar-refractivity contribution in [3.8, 4) is 0 Å². The number of carbonyl (C=O) groups is 3. The maximum absolute atomic E-state index is 12.9. The van der Waals surface area contributed by atoms with E-state index in [0.29, 0.717) is 19.3 Å². The highest BCUT2D eigenvalue weighted by Gasteiger charge is 2.19. The maximum Gasteiger partial charge on any atom is 0.306 e. The van der Waals surface area contributed by atoms with Crippen LogP contribution in [0.4, 0.5) is 0 Å². The van der Waals surface area contributed by atoms with Crippen molar-refractivity contribution < 1.29 is 28.6 Å². The fraction of sp³-hybridized carbons (Fsp3) is 0.776. The molecule has 0 fully saturated rings. The molecule has 6 nitrogen and oxygen atoms in total. The van der Waals surface area contributed by atoms with Crippen molar-refractivity contribution in [2.45, 2.75) is 322 Å². The number of rotatable bonds is 57. The van der Waals surface area contributed by atoms with Gasteiger partial charge >= 0.3 is 17.9 Å². The minimum absolute atomic E-state index is 0.0819. The van der Waals surface area contributed by atoms with E-state index in [4.69, 9.17) is 14.2 Å². The van der Waals surface area contributed by atoms with Crippen LogP contribution in [0.5, 0.6) is 0 Å². The van der Waals surface area contributed by atoms with E-state index in [1.165, 1.54) is 186 Å². The van der Waals surface area contributed by atoms with Crippen LogP contribution in [-0.2, 0) is 28.6 Å². The van der Waals surface area contributed by atoms with Crippen molar-refractivity contribution in [1.82, 2.24) is 0 Å². The van der Waals surface area contributed by atoms with Gasteiger partial charge in [-0.3, -0.25) is 14.4 Å². The Balaban J connectivity index is 4.38. The highest BCUT2D eigenvalue weighted by atomic mass is 16.6. The molecule has 0 spiro atoms. The molecule has 0 aliphatic rings. The molecular formula is C67H118O6. The van der Waals surface area contributed by atoms with Gasteiger partial charge in [-0.1, -0.05) is 261 Å². The minimum Gasteiger partial charge on any atom is -0.462 e. The summed E-state index contributed by atoms with van der Waals surface area (Å²) in [6.07, 6.45) is 79.0. The van der Waals surface area contributed by atoms with E-state index in [9.17, 15) is 14.4 Å². The summed E-state index contributed by atoms with van der Waals surface area (Å²) in [5.41, 5.74) is 0. The lowest BCUT2D eigenvalue weighted by molar-refractivity contribution is -0.167. The lowest BCUT2D eigenvalue weighted by atomic mass is 10.1. The Morgan fingerprint density at radius 2 is 0.534 bits per heavy atom. The fourth-order valence-electron chi connectivity index (χ4n) is 8.95. The first kappa shape index (κ1) is 69.8. The summed E-state index contributed by atoms with van der Waals surface area (Å²) < 4.78 is 16.9. The molecule has 422 valence electrons. The second kappa shape index (κ2) is 61.4. The van der Waals surface area contributed by atoms with Gasteiger partial charge in [-0.15, -0.1) is 0 Å². The highest BCUT2D eigenvalue weighted by molar-refractivity contribution is 5.71. The summed E-state index contributed by atoms with van der Waals surface area (Å²) in [6.45, 7) is 6.54. The molecule has 1 unspecified atom stereocenters. The van der Waals surface area contributed by atoms with Crippen molar-refractivity contribution in [2.75, 3.05) is 13.2 Å². The van der Waals surface area contributed by atoms with E-state index in [0.717, 1.165) is 89.9 Å². The maximum atomic E-state index is 12.9. The van der Waals surface area contributed by atoms with Gasteiger partial charge in [-0.05, 0) is 109 Å². The molecule has 73 heavy (non-hydrogen) atoms.